The number of nitrogens with one attached hydrogen (secondary N) is 1. The van der Waals surface area contributed by atoms with Gasteiger partial charge in [0.2, 0.25) is 0 Å². The molecule has 0 saturated heterocycles. The monoisotopic (exact) mass is 586 g/mol. The number of ether oxygens (including phenoxy) is 1. The summed E-state index contributed by atoms with van der Waals surface area (Å²) in [5.41, 5.74) is 3.66. The smallest absolute Gasteiger partial charge is 0.439 e. The van der Waals surface area contributed by atoms with E-state index in [1.54, 1.807) is 29.7 Å². The Morgan fingerprint density at radius 3 is 2.28 bits per heavy atom. The zero-order valence-electron chi connectivity index (χ0n) is 25.9. The van der Waals surface area contributed by atoms with E-state index in [-0.39, 0.29) is 23.5 Å². The third kappa shape index (κ3) is 7.10. The highest BCUT2D eigenvalue weighted by Gasteiger charge is 2.20. The van der Waals surface area contributed by atoms with Crippen molar-refractivity contribution in [3.8, 4) is 16.9 Å². The van der Waals surface area contributed by atoms with Gasteiger partial charge in [-0.05, 0) is 82.4 Å². The molecule has 0 aliphatic carbocycles. The second kappa shape index (κ2) is 13.2. The number of aromatic amines is 1. The lowest BCUT2D eigenvalue weighted by Gasteiger charge is -2.21. The molecular formula is C34H39FN4O4. The Hall–Kier alpha value is -4.53. The van der Waals surface area contributed by atoms with Crippen LogP contribution in [0.3, 0.4) is 0 Å². The van der Waals surface area contributed by atoms with Gasteiger partial charge in [0.15, 0.2) is 5.82 Å². The van der Waals surface area contributed by atoms with E-state index in [9.17, 15) is 9.59 Å². The summed E-state index contributed by atoms with van der Waals surface area (Å²) < 4.78 is 27.9. The molecule has 0 spiro atoms. The number of aromatic nitrogens is 4. The number of benzene rings is 2. The minimum atomic E-state index is -0.670. The topological polar surface area (TPSA) is 103 Å². The standard InChI is InChI=1S/C34H39FN4O4/c1-8-12-29-36-28(11-4)30(21-15-17-24(18-16-21)42-34(5,6)7)32(40)39(29)20-23-14-13-22(19-27(23)35)25(9-2)26(10-3)31-37-33(41)43-38-31/h9-10,13-19H,8,11-12,20H2,1-7H3,(H,37,38,41)/b25-9-,26-10+. The van der Waals surface area contributed by atoms with Crippen LogP contribution in [0, 0.1) is 5.82 Å². The first-order valence-electron chi connectivity index (χ1n) is 14.6. The van der Waals surface area contributed by atoms with E-state index in [0.29, 0.717) is 57.9 Å². The lowest BCUT2D eigenvalue weighted by atomic mass is 9.95. The molecule has 226 valence electrons. The Morgan fingerprint density at radius 2 is 1.74 bits per heavy atom. The van der Waals surface area contributed by atoms with Crippen molar-refractivity contribution < 1.29 is 13.7 Å². The molecule has 0 radical (unpaired) electrons. The maximum atomic E-state index is 15.7. The van der Waals surface area contributed by atoms with Crippen molar-refractivity contribution in [2.45, 2.75) is 79.9 Å². The fourth-order valence-corrected chi connectivity index (χ4v) is 5.07. The van der Waals surface area contributed by atoms with E-state index in [1.165, 1.54) is 6.07 Å². The second-order valence-electron chi connectivity index (χ2n) is 11.2. The average Bonchev–Trinajstić information content (AvgIpc) is 3.39. The number of aryl methyl sites for hydroxylation is 2. The van der Waals surface area contributed by atoms with Crippen molar-refractivity contribution in [2.24, 2.45) is 0 Å². The zero-order valence-corrected chi connectivity index (χ0v) is 25.9. The summed E-state index contributed by atoms with van der Waals surface area (Å²) in [6.07, 6.45) is 5.55. The Morgan fingerprint density at radius 1 is 1.05 bits per heavy atom. The minimum Gasteiger partial charge on any atom is -0.488 e. The fraction of sp³-hybridized carbons (Fsp3) is 0.353. The lowest BCUT2D eigenvalue weighted by molar-refractivity contribution is 0.131. The van der Waals surface area contributed by atoms with E-state index in [1.807, 2.05) is 71.9 Å². The lowest BCUT2D eigenvalue weighted by Crippen LogP contribution is -2.29. The first-order chi connectivity index (χ1) is 20.5. The quantitative estimate of drug-likeness (QED) is 0.201. The van der Waals surface area contributed by atoms with Crippen molar-refractivity contribution in [3.63, 3.8) is 0 Å². The molecule has 43 heavy (non-hydrogen) atoms. The predicted octanol–water partition coefficient (Wildman–Crippen LogP) is 6.97. The third-order valence-electron chi connectivity index (χ3n) is 6.95. The van der Waals surface area contributed by atoms with Crippen LogP contribution < -0.4 is 16.1 Å². The van der Waals surface area contributed by atoms with Crippen molar-refractivity contribution in [1.29, 1.82) is 0 Å². The molecule has 8 nitrogen and oxygen atoms in total. The van der Waals surface area contributed by atoms with E-state index in [4.69, 9.17) is 9.72 Å². The number of rotatable bonds is 10. The van der Waals surface area contributed by atoms with Crippen LogP contribution >= 0.6 is 0 Å². The molecule has 0 saturated carbocycles. The normalized spacial score (nSPS) is 12.6. The molecule has 4 aromatic rings. The number of H-pyrrole nitrogens is 1. The molecule has 9 heteroatoms. The number of allylic oxidation sites excluding steroid dienone is 4. The highest BCUT2D eigenvalue weighted by atomic mass is 19.1. The van der Waals surface area contributed by atoms with Crippen LogP contribution in [0.15, 0.2) is 68.7 Å². The molecule has 1 N–H and O–H groups in total. The van der Waals surface area contributed by atoms with Gasteiger partial charge in [0.25, 0.3) is 5.56 Å². The van der Waals surface area contributed by atoms with Gasteiger partial charge in [0.1, 0.15) is 23.0 Å². The largest absolute Gasteiger partial charge is 0.488 e. The van der Waals surface area contributed by atoms with Gasteiger partial charge in [0.05, 0.1) is 17.8 Å². The molecule has 0 unspecified atom stereocenters. The number of hydrogen-bond acceptors (Lipinski definition) is 6. The molecule has 2 aromatic heterocycles. The van der Waals surface area contributed by atoms with E-state index in [2.05, 4.69) is 14.7 Å². The Kier molecular flexibility index (Phi) is 9.63. The summed E-state index contributed by atoms with van der Waals surface area (Å²) in [4.78, 5) is 33.1. The second-order valence-corrected chi connectivity index (χ2v) is 11.2. The van der Waals surface area contributed by atoms with Gasteiger partial charge in [-0.3, -0.25) is 18.9 Å². The van der Waals surface area contributed by atoms with Gasteiger partial charge in [-0.2, -0.15) is 0 Å². The molecule has 4 rings (SSSR count). The first-order valence-corrected chi connectivity index (χ1v) is 14.6. The van der Waals surface area contributed by atoms with Crippen LogP contribution in [0.2, 0.25) is 0 Å². The van der Waals surface area contributed by atoms with Crippen LogP contribution in [0.1, 0.15) is 83.4 Å². The van der Waals surface area contributed by atoms with Gasteiger partial charge < -0.3 is 4.74 Å². The number of halogens is 1. The van der Waals surface area contributed by atoms with Gasteiger partial charge in [-0.25, -0.2) is 14.2 Å². The van der Waals surface area contributed by atoms with Crippen molar-refractivity contribution in [3.05, 3.63) is 110 Å². The van der Waals surface area contributed by atoms with Crippen LogP contribution in [-0.4, -0.2) is 25.3 Å². The summed E-state index contributed by atoms with van der Waals surface area (Å²) in [7, 11) is 0. The molecule has 0 aliphatic rings. The Labute approximate surface area is 250 Å². The summed E-state index contributed by atoms with van der Waals surface area (Å²) in [6.45, 7) is 13.6. The molecule has 0 bridgehead atoms. The van der Waals surface area contributed by atoms with Gasteiger partial charge in [-0.1, -0.05) is 55.4 Å². The highest BCUT2D eigenvalue weighted by Crippen LogP contribution is 2.31. The zero-order chi connectivity index (χ0) is 31.3. The summed E-state index contributed by atoms with van der Waals surface area (Å²) >= 11 is 0. The summed E-state index contributed by atoms with van der Waals surface area (Å²) in [6, 6.07) is 12.4. The minimum absolute atomic E-state index is 0.0355. The molecule has 0 aliphatic heterocycles. The predicted molar refractivity (Wildman–Crippen MR) is 168 cm³/mol. The number of nitrogens with zero attached hydrogens (tertiary/aromatic N) is 3. The molecule has 2 heterocycles. The maximum absolute atomic E-state index is 15.7. The van der Waals surface area contributed by atoms with Gasteiger partial charge in [0, 0.05) is 17.6 Å². The van der Waals surface area contributed by atoms with Crippen LogP contribution in [0.4, 0.5) is 4.39 Å². The van der Waals surface area contributed by atoms with Crippen LogP contribution in [0.25, 0.3) is 22.3 Å². The van der Waals surface area contributed by atoms with Crippen molar-refractivity contribution >= 4 is 11.1 Å². The van der Waals surface area contributed by atoms with Crippen molar-refractivity contribution in [2.75, 3.05) is 0 Å². The highest BCUT2D eigenvalue weighted by molar-refractivity contribution is 6.03. The Balaban J connectivity index is 1.74. The molecular weight excluding hydrogens is 547 g/mol. The Bertz CT molecular complexity index is 1770. The SMILES string of the molecule is C/C=C(\C(=C/C)c1noc(=O)[nH]1)c1ccc(Cn2c(CCC)nc(CC)c(-c3ccc(OC(C)(C)C)cc3)c2=O)c(F)c1. The fourth-order valence-electron chi connectivity index (χ4n) is 5.07. The van der Waals surface area contributed by atoms with E-state index in [0.717, 1.165) is 12.0 Å². The maximum Gasteiger partial charge on any atom is 0.439 e. The third-order valence-corrected chi connectivity index (χ3v) is 6.95. The molecule has 0 amide bonds. The van der Waals surface area contributed by atoms with E-state index < -0.39 is 11.6 Å². The van der Waals surface area contributed by atoms with Gasteiger partial charge in [-0.15, -0.1) is 0 Å². The average molecular weight is 587 g/mol. The van der Waals surface area contributed by atoms with Crippen LogP contribution in [-0.2, 0) is 19.4 Å². The van der Waals surface area contributed by atoms with Crippen molar-refractivity contribution in [1.82, 2.24) is 19.7 Å². The van der Waals surface area contributed by atoms with E-state index >= 15 is 4.39 Å². The summed E-state index contributed by atoms with van der Waals surface area (Å²) in [5, 5.41) is 3.78. The molecule has 0 fully saturated rings. The first kappa shape index (κ1) is 31.4. The van der Waals surface area contributed by atoms with Gasteiger partial charge >= 0.3 is 5.76 Å². The van der Waals surface area contributed by atoms with Crippen LogP contribution in [0.5, 0.6) is 5.75 Å². The molecule has 0 atom stereocenters. The number of hydrogen-bond donors (Lipinski definition) is 1. The molecule has 2 aromatic carbocycles. The summed E-state index contributed by atoms with van der Waals surface area (Å²) in [5.74, 6) is 0.470.